The van der Waals surface area contributed by atoms with Crippen LogP contribution in [0.3, 0.4) is 0 Å². The zero-order chi connectivity index (χ0) is 18.9. The molecule has 2 heterocycles. The minimum atomic E-state index is -0.864. The molecule has 0 unspecified atom stereocenters. The number of aromatic nitrogens is 2. The number of hydrogen-bond donors (Lipinski definition) is 1. The number of piperidine rings is 1. The molecule has 2 aromatic rings. The van der Waals surface area contributed by atoms with Gasteiger partial charge in [0.15, 0.2) is 0 Å². The molecule has 27 heavy (non-hydrogen) atoms. The SMILES string of the molecule is O=C(NC1CCN(c2ncccn2)CC1)C1(c2ccc(F)cc2F)CCC1. The summed E-state index contributed by atoms with van der Waals surface area (Å²) < 4.78 is 27.6. The van der Waals surface area contributed by atoms with Crippen LogP contribution in [0.25, 0.3) is 0 Å². The van der Waals surface area contributed by atoms with Gasteiger partial charge in [-0.1, -0.05) is 12.5 Å². The molecule has 0 bridgehead atoms. The molecule has 0 spiro atoms. The van der Waals surface area contributed by atoms with Crippen molar-refractivity contribution in [1.82, 2.24) is 15.3 Å². The summed E-state index contributed by atoms with van der Waals surface area (Å²) in [4.78, 5) is 23.6. The van der Waals surface area contributed by atoms with Gasteiger partial charge in [-0.2, -0.15) is 0 Å². The second-order valence-electron chi connectivity index (χ2n) is 7.34. The first-order valence-electron chi connectivity index (χ1n) is 9.37. The Kier molecular flexibility index (Phi) is 4.76. The molecule has 1 saturated carbocycles. The Hall–Kier alpha value is -2.57. The van der Waals surface area contributed by atoms with Crippen LogP contribution in [0, 0.1) is 11.6 Å². The number of carbonyl (C=O) groups excluding carboxylic acids is 1. The highest BCUT2D eigenvalue weighted by atomic mass is 19.1. The fourth-order valence-electron chi connectivity index (χ4n) is 4.03. The van der Waals surface area contributed by atoms with Gasteiger partial charge in [0.05, 0.1) is 5.41 Å². The number of carbonyl (C=O) groups is 1. The molecule has 0 atom stereocenters. The van der Waals surface area contributed by atoms with Crippen molar-refractivity contribution < 1.29 is 13.6 Å². The topological polar surface area (TPSA) is 58.1 Å². The number of rotatable bonds is 4. The molecule has 2 fully saturated rings. The van der Waals surface area contributed by atoms with Crippen LogP contribution in [-0.4, -0.2) is 35.0 Å². The van der Waals surface area contributed by atoms with Gasteiger partial charge in [-0.3, -0.25) is 4.79 Å². The van der Waals surface area contributed by atoms with E-state index in [1.807, 2.05) is 0 Å². The van der Waals surface area contributed by atoms with Crippen LogP contribution in [0.5, 0.6) is 0 Å². The average Bonchev–Trinajstić information content (AvgIpc) is 2.64. The molecule has 1 N–H and O–H groups in total. The molecule has 1 aromatic heterocycles. The van der Waals surface area contributed by atoms with Crippen LogP contribution in [0.15, 0.2) is 36.7 Å². The molecule has 1 aromatic carbocycles. The van der Waals surface area contributed by atoms with E-state index in [0.717, 1.165) is 38.4 Å². The van der Waals surface area contributed by atoms with E-state index in [1.165, 1.54) is 12.1 Å². The Bertz CT molecular complexity index is 818. The molecule has 4 rings (SSSR count). The van der Waals surface area contributed by atoms with Crippen molar-refractivity contribution in [3.05, 3.63) is 53.9 Å². The van der Waals surface area contributed by atoms with E-state index in [1.54, 1.807) is 18.5 Å². The van der Waals surface area contributed by atoms with E-state index in [0.29, 0.717) is 24.4 Å². The summed E-state index contributed by atoms with van der Waals surface area (Å²) in [5.41, 5.74) is -0.556. The maximum Gasteiger partial charge on any atom is 0.230 e. The molecule has 5 nitrogen and oxygen atoms in total. The molecule has 0 radical (unpaired) electrons. The van der Waals surface area contributed by atoms with E-state index in [4.69, 9.17) is 0 Å². The van der Waals surface area contributed by atoms with Gasteiger partial charge in [0.1, 0.15) is 11.6 Å². The van der Waals surface area contributed by atoms with Crippen LogP contribution in [-0.2, 0) is 10.2 Å². The molecule has 7 heteroatoms. The number of amides is 1. The van der Waals surface area contributed by atoms with E-state index in [2.05, 4.69) is 20.2 Å². The highest BCUT2D eigenvalue weighted by molar-refractivity contribution is 5.89. The molecule has 1 amide bonds. The van der Waals surface area contributed by atoms with Gasteiger partial charge in [-0.25, -0.2) is 18.7 Å². The number of nitrogens with zero attached hydrogens (tertiary/aromatic N) is 3. The lowest BCUT2D eigenvalue weighted by atomic mass is 9.63. The summed E-state index contributed by atoms with van der Waals surface area (Å²) in [7, 11) is 0. The first-order chi connectivity index (χ1) is 13.1. The minimum absolute atomic E-state index is 0.0402. The summed E-state index contributed by atoms with van der Waals surface area (Å²) in [6, 6.07) is 5.32. The Morgan fingerprint density at radius 3 is 2.44 bits per heavy atom. The number of halogens is 2. The monoisotopic (exact) mass is 372 g/mol. The van der Waals surface area contributed by atoms with Gasteiger partial charge in [-0.05, 0) is 37.8 Å². The van der Waals surface area contributed by atoms with Crippen LogP contribution in [0.2, 0.25) is 0 Å². The Balaban J connectivity index is 1.41. The molecule has 142 valence electrons. The van der Waals surface area contributed by atoms with Crippen LogP contribution in [0.1, 0.15) is 37.7 Å². The van der Waals surface area contributed by atoms with Gasteiger partial charge in [0, 0.05) is 43.2 Å². The van der Waals surface area contributed by atoms with Crippen molar-refractivity contribution in [2.45, 2.75) is 43.6 Å². The Morgan fingerprint density at radius 1 is 1.15 bits per heavy atom. The van der Waals surface area contributed by atoms with Crippen molar-refractivity contribution >= 4 is 11.9 Å². The third-order valence-corrected chi connectivity index (χ3v) is 5.75. The van der Waals surface area contributed by atoms with Crippen molar-refractivity contribution in [2.75, 3.05) is 18.0 Å². The third-order valence-electron chi connectivity index (χ3n) is 5.75. The summed E-state index contributed by atoms with van der Waals surface area (Å²) in [5.74, 6) is -0.706. The van der Waals surface area contributed by atoms with Crippen molar-refractivity contribution in [3.63, 3.8) is 0 Å². The van der Waals surface area contributed by atoms with Gasteiger partial charge in [0.25, 0.3) is 0 Å². The number of anilines is 1. The Labute approximate surface area is 156 Å². The van der Waals surface area contributed by atoms with E-state index in [-0.39, 0.29) is 11.9 Å². The maximum atomic E-state index is 14.3. The second kappa shape index (κ2) is 7.21. The lowest BCUT2D eigenvalue weighted by molar-refractivity contribution is -0.131. The minimum Gasteiger partial charge on any atom is -0.352 e. The predicted molar refractivity (Wildman–Crippen MR) is 97.3 cm³/mol. The normalized spacial score (nSPS) is 19.4. The van der Waals surface area contributed by atoms with Gasteiger partial charge < -0.3 is 10.2 Å². The molecule has 1 aliphatic heterocycles. The summed E-state index contributed by atoms with van der Waals surface area (Å²) in [6.07, 6.45) is 7.06. The third kappa shape index (κ3) is 3.38. The standard InChI is InChI=1S/C20H22F2N4O/c21-14-3-4-16(17(22)13-14)20(7-1-8-20)18(27)25-15-5-11-26(12-6-15)19-23-9-2-10-24-19/h2-4,9-10,13,15H,1,5-8,11-12H2,(H,25,27). The maximum absolute atomic E-state index is 14.3. The first-order valence-corrected chi connectivity index (χ1v) is 9.37. The van der Waals surface area contributed by atoms with E-state index >= 15 is 0 Å². The van der Waals surface area contributed by atoms with Crippen molar-refractivity contribution in [3.8, 4) is 0 Å². The number of benzene rings is 1. The summed E-state index contributed by atoms with van der Waals surface area (Å²) in [5, 5.41) is 3.11. The zero-order valence-corrected chi connectivity index (χ0v) is 15.0. The largest absolute Gasteiger partial charge is 0.352 e. The smallest absolute Gasteiger partial charge is 0.230 e. The lowest BCUT2D eigenvalue weighted by Crippen LogP contribution is -2.54. The number of nitrogens with one attached hydrogen (secondary N) is 1. The van der Waals surface area contributed by atoms with Crippen LogP contribution >= 0.6 is 0 Å². The van der Waals surface area contributed by atoms with Gasteiger partial charge >= 0.3 is 0 Å². The fourth-order valence-corrected chi connectivity index (χ4v) is 4.03. The average molecular weight is 372 g/mol. The summed E-state index contributed by atoms with van der Waals surface area (Å²) >= 11 is 0. The molecule has 1 saturated heterocycles. The molecule has 1 aliphatic carbocycles. The van der Waals surface area contributed by atoms with Crippen LogP contribution < -0.4 is 10.2 Å². The predicted octanol–water partition coefficient (Wildman–Crippen LogP) is 2.96. The van der Waals surface area contributed by atoms with Gasteiger partial charge in [0.2, 0.25) is 11.9 Å². The van der Waals surface area contributed by atoms with Crippen molar-refractivity contribution in [2.24, 2.45) is 0 Å². The highest BCUT2D eigenvalue weighted by Crippen LogP contribution is 2.45. The first kappa shape index (κ1) is 17.8. The second-order valence-corrected chi connectivity index (χ2v) is 7.34. The van der Waals surface area contributed by atoms with E-state index in [9.17, 15) is 13.6 Å². The highest BCUT2D eigenvalue weighted by Gasteiger charge is 2.47. The Morgan fingerprint density at radius 2 is 1.85 bits per heavy atom. The van der Waals surface area contributed by atoms with E-state index < -0.39 is 17.0 Å². The summed E-state index contributed by atoms with van der Waals surface area (Å²) in [6.45, 7) is 1.51. The van der Waals surface area contributed by atoms with Gasteiger partial charge in [-0.15, -0.1) is 0 Å². The van der Waals surface area contributed by atoms with Crippen molar-refractivity contribution in [1.29, 1.82) is 0 Å². The lowest BCUT2D eigenvalue weighted by Gasteiger charge is -2.42. The zero-order valence-electron chi connectivity index (χ0n) is 15.0. The molecule has 2 aliphatic rings. The quantitative estimate of drug-likeness (QED) is 0.897. The molecular weight excluding hydrogens is 350 g/mol. The number of hydrogen-bond acceptors (Lipinski definition) is 4. The van der Waals surface area contributed by atoms with Crippen LogP contribution in [0.4, 0.5) is 14.7 Å². The molecular formula is C20H22F2N4O. The fraction of sp³-hybridized carbons (Fsp3) is 0.450.